The highest BCUT2D eigenvalue weighted by atomic mass is 16.8. The van der Waals surface area contributed by atoms with Gasteiger partial charge in [0.25, 0.3) is 0 Å². The average molecular weight is 1290 g/mol. The molecule has 0 aromatic carbocycles. The van der Waals surface area contributed by atoms with E-state index in [0.717, 1.165) is 77.0 Å². The lowest BCUT2D eigenvalue weighted by molar-refractivity contribution is -0.379. The number of unbranched alkanes of at least 4 members (excludes halogenated alkanes) is 19. The quantitative estimate of drug-likeness (QED) is 0.0200. The molecular formula is C72H121NO18. The third kappa shape index (κ3) is 34.6. The Morgan fingerprint density at radius 2 is 0.769 bits per heavy atom. The number of aliphatic hydroxyl groups is 11. The molecular weight excluding hydrogens is 1170 g/mol. The SMILES string of the molecule is CC/C=C\C/C=C\C/C=C\C/C=C\C/C=C\C/C=C\CCCCC(=O)NC(COC1OC(CO)C(OC2OC(CO)C(OC3OC(CO)C(O)C(O)C3O)C(O)C2O)C(O)C1O)C(O)/C=C/CC/C=C/CC/C=C/CCCCCCCCCCCCCCCCC. The number of ether oxygens (including phenoxy) is 6. The highest BCUT2D eigenvalue weighted by Gasteiger charge is 2.53. The molecule has 0 aromatic heterocycles. The zero-order chi connectivity index (χ0) is 66.1. The van der Waals surface area contributed by atoms with Crippen LogP contribution in [0.4, 0.5) is 0 Å². The number of allylic oxidation sites excluding steroid dienone is 17. The summed E-state index contributed by atoms with van der Waals surface area (Å²) >= 11 is 0. The fourth-order valence-electron chi connectivity index (χ4n) is 10.9. The highest BCUT2D eigenvalue weighted by molar-refractivity contribution is 5.76. The number of nitrogens with one attached hydrogen (secondary N) is 1. The van der Waals surface area contributed by atoms with E-state index in [-0.39, 0.29) is 12.3 Å². The Labute approximate surface area is 545 Å². The van der Waals surface area contributed by atoms with Crippen LogP contribution >= 0.6 is 0 Å². The molecule has 0 saturated carbocycles. The molecule has 1 amide bonds. The van der Waals surface area contributed by atoms with Gasteiger partial charge in [-0.15, -0.1) is 0 Å². The summed E-state index contributed by atoms with van der Waals surface area (Å²) in [6, 6.07) is -1.03. The van der Waals surface area contributed by atoms with E-state index in [2.05, 4.69) is 116 Å². The molecule has 0 aromatic rings. The van der Waals surface area contributed by atoms with Crippen LogP contribution in [0.3, 0.4) is 0 Å². The summed E-state index contributed by atoms with van der Waals surface area (Å²) < 4.78 is 34.3. The number of carbonyl (C=O) groups is 1. The van der Waals surface area contributed by atoms with E-state index < -0.39 is 131 Å². The minimum absolute atomic E-state index is 0.170. The summed E-state index contributed by atoms with van der Waals surface area (Å²) in [4.78, 5) is 13.4. The van der Waals surface area contributed by atoms with E-state index in [9.17, 15) is 61.0 Å². The normalized spacial score (nSPS) is 28.6. The standard InChI is InChI=1S/C72H121NO18/c1-3-5-7-9-11-13-15-17-19-21-23-25-26-27-28-30-31-33-35-37-39-41-43-45-47-49-56(77)55(73-60(78)50-48-46-44-42-40-38-36-34-32-29-24-22-20-18-16-14-12-10-8-6-4-2)54-86-70-66(84)63(81)68(58(52-75)88-70)91-72-67(85)64(82)69(59(53-76)89-72)90-71-65(83)62(80)61(79)57(51-74)87-71/h6,8,12,14,18,20,24,29,31,33-34,36,39-42,47,49,55-59,61-72,74-77,79-85H,3-5,7,9-11,13,15-17,19,21-23,25-28,30,32,35,37-38,43-46,48,50-54H2,1-2H3,(H,73,78)/b8-6-,14-12-,20-18-,29-24-,33-31+,36-34-,41-39+,42-40-,49-47+. The summed E-state index contributed by atoms with van der Waals surface area (Å²) in [7, 11) is 0. The monoisotopic (exact) mass is 1290 g/mol. The Bertz CT molecular complexity index is 2070. The number of hydrogen-bond acceptors (Lipinski definition) is 18. The van der Waals surface area contributed by atoms with Crippen molar-refractivity contribution in [2.45, 2.75) is 311 Å². The smallest absolute Gasteiger partial charge is 0.220 e. The molecule has 0 aliphatic carbocycles. The second kappa shape index (κ2) is 52.7. The Balaban J connectivity index is 1.49. The molecule has 19 nitrogen and oxygen atoms in total. The van der Waals surface area contributed by atoms with E-state index in [1.165, 1.54) is 96.3 Å². The molecule has 17 unspecified atom stereocenters. The maximum absolute atomic E-state index is 13.4. The lowest BCUT2D eigenvalue weighted by Gasteiger charge is -2.48. The minimum atomic E-state index is -1.99. The van der Waals surface area contributed by atoms with Crippen molar-refractivity contribution < 1.29 is 89.4 Å². The lowest BCUT2D eigenvalue weighted by atomic mass is 9.96. The van der Waals surface area contributed by atoms with Gasteiger partial charge < -0.3 is 89.9 Å². The van der Waals surface area contributed by atoms with Crippen LogP contribution in [0.25, 0.3) is 0 Å². The Morgan fingerprint density at radius 1 is 0.407 bits per heavy atom. The van der Waals surface area contributed by atoms with Crippen LogP contribution in [-0.2, 0) is 33.2 Å². The van der Waals surface area contributed by atoms with Crippen LogP contribution in [0, 0.1) is 0 Å². The summed E-state index contributed by atoms with van der Waals surface area (Å²) in [6.07, 6.45) is 43.5. The second-order valence-corrected chi connectivity index (χ2v) is 24.2. The molecule has 17 atom stereocenters. The van der Waals surface area contributed by atoms with Crippen LogP contribution in [0.2, 0.25) is 0 Å². The molecule has 91 heavy (non-hydrogen) atoms. The molecule has 3 aliphatic heterocycles. The number of rotatable bonds is 51. The maximum Gasteiger partial charge on any atom is 0.220 e. The summed E-state index contributed by atoms with van der Waals surface area (Å²) in [5.41, 5.74) is 0. The van der Waals surface area contributed by atoms with Gasteiger partial charge in [-0.25, -0.2) is 0 Å². The molecule has 3 rings (SSSR count). The van der Waals surface area contributed by atoms with Crippen molar-refractivity contribution in [3.8, 4) is 0 Å². The summed E-state index contributed by atoms with van der Waals surface area (Å²) in [6.45, 7) is 1.55. The maximum atomic E-state index is 13.4. The van der Waals surface area contributed by atoms with Gasteiger partial charge in [-0.05, 0) is 96.3 Å². The molecule has 12 N–H and O–H groups in total. The van der Waals surface area contributed by atoms with Crippen molar-refractivity contribution in [2.75, 3.05) is 26.4 Å². The Hall–Kier alpha value is -3.55. The summed E-state index contributed by atoms with van der Waals surface area (Å²) in [5.74, 6) is -0.335. The van der Waals surface area contributed by atoms with Gasteiger partial charge in [-0.2, -0.15) is 0 Å². The molecule has 3 aliphatic rings. The first kappa shape index (κ1) is 81.7. The van der Waals surface area contributed by atoms with Gasteiger partial charge in [0.15, 0.2) is 18.9 Å². The molecule has 3 heterocycles. The molecule has 522 valence electrons. The second-order valence-electron chi connectivity index (χ2n) is 24.2. The zero-order valence-corrected chi connectivity index (χ0v) is 55.0. The van der Waals surface area contributed by atoms with Crippen LogP contribution in [-0.4, -0.2) is 193 Å². The van der Waals surface area contributed by atoms with Crippen LogP contribution in [0.5, 0.6) is 0 Å². The Morgan fingerprint density at radius 3 is 1.23 bits per heavy atom. The van der Waals surface area contributed by atoms with Gasteiger partial charge in [0, 0.05) is 6.42 Å². The molecule has 19 heteroatoms. The first-order chi connectivity index (χ1) is 44.3. The van der Waals surface area contributed by atoms with E-state index in [1.54, 1.807) is 6.08 Å². The van der Waals surface area contributed by atoms with Gasteiger partial charge in [-0.3, -0.25) is 4.79 Å². The van der Waals surface area contributed by atoms with Gasteiger partial charge in [-0.1, -0.05) is 213 Å². The van der Waals surface area contributed by atoms with Crippen molar-refractivity contribution in [1.29, 1.82) is 0 Å². The predicted octanol–water partition coefficient (Wildman–Crippen LogP) is 9.05. The lowest BCUT2D eigenvalue weighted by Crippen LogP contribution is -2.66. The number of amides is 1. The Kier molecular flexibility index (Phi) is 47.3. The van der Waals surface area contributed by atoms with Gasteiger partial charge in [0.2, 0.25) is 5.91 Å². The largest absolute Gasteiger partial charge is 0.394 e. The molecule has 0 spiro atoms. The van der Waals surface area contributed by atoms with Crippen LogP contribution < -0.4 is 5.32 Å². The predicted molar refractivity (Wildman–Crippen MR) is 355 cm³/mol. The molecule has 0 radical (unpaired) electrons. The first-order valence-electron chi connectivity index (χ1n) is 34.6. The topological polar surface area (TPSA) is 307 Å². The molecule has 0 bridgehead atoms. The van der Waals surface area contributed by atoms with Crippen molar-refractivity contribution in [1.82, 2.24) is 5.32 Å². The zero-order valence-electron chi connectivity index (χ0n) is 55.0. The van der Waals surface area contributed by atoms with E-state index in [4.69, 9.17) is 28.4 Å². The van der Waals surface area contributed by atoms with E-state index >= 15 is 0 Å². The number of hydrogen-bond donors (Lipinski definition) is 12. The number of carbonyl (C=O) groups excluding carboxylic acids is 1. The third-order valence-electron chi connectivity index (χ3n) is 16.5. The summed E-state index contributed by atoms with van der Waals surface area (Å²) in [5, 5.41) is 120. The average Bonchev–Trinajstić information content (AvgIpc) is 0.883. The van der Waals surface area contributed by atoms with Gasteiger partial charge >= 0.3 is 0 Å². The van der Waals surface area contributed by atoms with Crippen LogP contribution in [0.1, 0.15) is 206 Å². The van der Waals surface area contributed by atoms with Gasteiger partial charge in [0.05, 0.1) is 38.6 Å². The van der Waals surface area contributed by atoms with Crippen molar-refractivity contribution in [3.63, 3.8) is 0 Å². The van der Waals surface area contributed by atoms with Gasteiger partial charge in [0.1, 0.15) is 73.2 Å². The van der Waals surface area contributed by atoms with E-state index in [1.807, 2.05) is 6.08 Å². The van der Waals surface area contributed by atoms with Crippen molar-refractivity contribution >= 4 is 5.91 Å². The fourth-order valence-corrected chi connectivity index (χ4v) is 10.9. The minimum Gasteiger partial charge on any atom is -0.394 e. The fraction of sp³-hybridized carbons (Fsp3) is 0.736. The van der Waals surface area contributed by atoms with Crippen LogP contribution in [0.15, 0.2) is 109 Å². The van der Waals surface area contributed by atoms with Crippen molar-refractivity contribution in [2.24, 2.45) is 0 Å². The van der Waals surface area contributed by atoms with Crippen molar-refractivity contribution in [3.05, 3.63) is 109 Å². The highest BCUT2D eigenvalue weighted by Crippen LogP contribution is 2.33. The third-order valence-corrected chi connectivity index (χ3v) is 16.5. The molecule has 3 fully saturated rings. The molecule has 3 saturated heterocycles. The number of aliphatic hydroxyl groups excluding tert-OH is 11. The first-order valence-corrected chi connectivity index (χ1v) is 34.6. The van der Waals surface area contributed by atoms with E-state index in [0.29, 0.717) is 12.8 Å².